The van der Waals surface area contributed by atoms with E-state index in [4.69, 9.17) is 0 Å². The third-order valence-corrected chi connectivity index (χ3v) is 3.96. The van der Waals surface area contributed by atoms with Crippen molar-refractivity contribution in [1.82, 2.24) is 4.90 Å². The van der Waals surface area contributed by atoms with Gasteiger partial charge in [0.15, 0.2) is 0 Å². The molecule has 1 aliphatic heterocycles. The van der Waals surface area contributed by atoms with Gasteiger partial charge >= 0.3 is 0 Å². The molecule has 2 aromatic carbocycles. The SMILES string of the molecule is N#C/C(=C\C=C1C=CN(Cc2ccccc2)C=C1)C(=O)Nc1ccccc1. The zero-order valence-electron chi connectivity index (χ0n) is 14.7. The number of allylic oxidation sites excluding steroid dienone is 5. The lowest BCUT2D eigenvalue weighted by molar-refractivity contribution is -0.112. The van der Waals surface area contributed by atoms with E-state index in [1.54, 1.807) is 18.2 Å². The van der Waals surface area contributed by atoms with Crippen LogP contribution < -0.4 is 5.32 Å². The van der Waals surface area contributed by atoms with Crippen LogP contribution in [0.25, 0.3) is 0 Å². The van der Waals surface area contributed by atoms with Gasteiger partial charge in [-0.1, -0.05) is 54.6 Å². The monoisotopic (exact) mass is 353 g/mol. The normalized spacial score (nSPS) is 13.2. The molecule has 0 radical (unpaired) electrons. The highest BCUT2D eigenvalue weighted by atomic mass is 16.1. The van der Waals surface area contributed by atoms with Gasteiger partial charge in [0.1, 0.15) is 11.6 Å². The lowest BCUT2D eigenvalue weighted by Gasteiger charge is -2.18. The second-order valence-electron chi connectivity index (χ2n) is 5.97. The summed E-state index contributed by atoms with van der Waals surface area (Å²) in [5.41, 5.74) is 2.85. The zero-order chi connectivity index (χ0) is 18.9. The molecular formula is C23H19N3O. The van der Waals surface area contributed by atoms with E-state index in [0.29, 0.717) is 5.69 Å². The molecule has 0 atom stereocenters. The molecule has 1 heterocycles. The molecule has 0 saturated carbocycles. The highest BCUT2D eigenvalue weighted by molar-refractivity contribution is 6.06. The highest BCUT2D eigenvalue weighted by Crippen LogP contribution is 2.14. The van der Waals surface area contributed by atoms with Crippen molar-refractivity contribution in [3.8, 4) is 6.07 Å². The fourth-order valence-electron chi connectivity index (χ4n) is 2.54. The number of nitrogens with zero attached hydrogens (tertiary/aromatic N) is 2. The molecule has 132 valence electrons. The molecular weight excluding hydrogens is 334 g/mol. The summed E-state index contributed by atoms with van der Waals surface area (Å²) >= 11 is 0. The van der Waals surface area contributed by atoms with Gasteiger partial charge in [0.2, 0.25) is 0 Å². The summed E-state index contributed by atoms with van der Waals surface area (Å²) in [5, 5.41) is 12.0. The molecule has 1 N–H and O–H groups in total. The van der Waals surface area contributed by atoms with Gasteiger partial charge in [-0.15, -0.1) is 0 Å². The van der Waals surface area contributed by atoms with Crippen LogP contribution in [0.15, 0.2) is 109 Å². The second kappa shape index (κ2) is 9.02. The minimum atomic E-state index is -0.421. The number of hydrogen-bond acceptors (Lipinski definition) is 3. The van der Waals surface area contributed by atoms with Crippen LogP contribution >= 0.6 is 0 Å². The van der Waals surface area contributed by atoms with E-state index in [1.165, 1.54) is 11.6 Å². The average Bonchev–Trinajstić information content (AvgIpc) is 2.71. The number of carbonyl (C=O) groups excluding carboxylic acids is 1. The van der Waals surface area contributed by atoms with Gasteiger partial charge in [-0.2, -0.15) is 5.26 Å². The number of anilines is 1. The fourth-order valence-corrected chi connectivity index (χ4v) is 2.54. The Morgan fingerprint density at radius 3 is 2.26 bits per heavy atom. The van der Waals surface area contributed by atoms with Gasteiger partial charge < -0.3 is 10.2 Å². The van der Waals surface area contributed by atoms with Crippen molar-refractivity contribution in [1.29, 1.82) is 5.26 Å². The van der Waals surface area contributed by atoms with Gasteiger partial charge in [0.05, 0.1) is 0 Å². The Labute approximate surface area is 159 Å². The minimum absolute atomic E-state index is 0.0554. The topological polar surface area (TPSA) is 56.1 Å². The molecule has 2 aromatic rings. The molecule has 1 aliphatic rings. The van der Waals surface area contributed by atoms with Crippen LogP contribution in [0.3, 0.4) is 0 Å². The maximum absolute atomic E-state index is 12.2. The Morgan fingerprint density at radius 1 is 1.00 bits per heavy atom. The third kappa shape index (κ3) is 5.32. The van der Waals surface area contributed by atoms with Crippen molar-refractivity contribution in [3.63, 3.8) is 0 Å². The number of nitriles is 1. The molecule has 27 heavy (non-hydrogen) atoms. The number of para-hydroxylation sites is 1. The van der Waals surface area contributed by atoms with Gasteiger partial charge in [0.25, 0.3) is 5.91 Å². The zero-order valence-corrected chi connectivity index (χ0v) is 14.7. The van der Waals surface area contributed by atoms with Crippen molar-refractivity contribution < 1.29 is 4.79 Å². The van der Waals surface area contributed by atoms with Crippen LogP contribution in [-0.2, 0) is 11.3 Å². The van der Waals surface area contributed by atoms with Crippen molar-refractivity contribution in [3.05, 3.63) is 114 Å². The maximum atomic E-state index is 12.2. The molecule has 3 rings (SSSR count). The average molecular weight is 353 g/mol. The van der Waals surface area contributed by atoms with E-state index in [-0.39, 0.29) is 5.57 Å². The smallest absolute Gasteiger partial charge is 0.266 e. The lowest BCUT2D eigenvalue weighted by Crippen LogP contribution is -2.13. The highest BCUT2D eigenvalue weighted by Gasteiger charge is 2.08. The molecule has 0 aliphatic carbocycles. The first-order chi connectivity index (χ1) is 13.2. The predicted octanol–water partition coefficient (Wildman–Crippen LogP) is 4.54. The Bertz CT molecular complexity index is 932. The summed E-state index contributed by atoms with van der Waals surface area (Å²) < 4.78 is 0. The second-order valence-corrected chi connectivity index (χ2v) is 5.97. The summed E-state index contributed by atoms with van der Waals surface area (Å²) in [7, 11) is 0. The van der Waals surface area contributed by atoms with Crippen LogP contribution in [0.1, 0.15) is 5.56 Å². The van der Waals surface area contributed by atoms with Gasteiger partial charge in [0, 0.05) is 24.6 Å². The number of carbonyl (C=O) groups is 1. The summed E-state index contributed by atoms with van der Waals surface area (Å²) in [4.78, 5) is 14.3. The van der Waals surface area contributed by atoms with E-state index in [0.717, 1.165) is 12.1 Å². The van der Waals surface area contributed by atoms with Crippen LogP contribution in [0, 0.1) is 11.3 Å². The minimum Gasteiger partial charge on any atom is -0.350 e. The Morgan fingerprint density at radius 2 is 1.63 bits per heavy atom. The van der Waals surface area contributed by atoms with Crippen molar-refractivity contribution in [2.75, 3.05) is 5.32 Å². The predicted molar refractivity (Wildman–Crippen MR) is 107 cm³/mol. The number of amides is 1. The standard InChI is InChI=1S/C23H19N3O/c24-17-21(23(27)25-22-9-5-2-6-10-22)12-11-19-13-15-26(16-14-19)18-20-7-3-1-4-8-20/h1-16H,18H2,(H,25,27)/b21-12+. The van der Waals surface area contributed by atoms with Gasteiger partial charge in [-0.3, -0.25) is 4.79 Å². The van der Waals surface area contributed by atoms with E-state index < -0.39 is 5.91 Å². The number of hydrogen-bond donors (Lipinski definition) is 1. The summed E-state index contributed by atoms with van der Waals surface area (Å²) in [6.45, 7) is 0.792. The first-order valence-corrected chi connectivity index (χ1v) is 8.59. The van der Waals surface area contributed by atoms with Crippen molar-refractivity contribution in [2.45, 2.75) is 6.54 Å². The fraction of sp³-hybridized carbons (Fsp3) is 0.0435. The first-order valence-electron chi connectivity index (χ1n) is 8.59. The first kappa shape index (κ1) is 18.0. The summed E-state index contributed by atoms with van der Waals surface area (Å²) in [5.74, 6) is -0.421. The number of rotatable bonds is 5. The maximum Gasteiger partial charge on any atom is 0.266 e. The lowest BCUT2D eigenvalue weighted by atomic mass is 10.1. The molecule has 0 bridgehead atoms. The Kier molecular flexibility index (Phi) is 6.00. The van der Waals surface area contributed by atoms with Gasteiger partial charge in [-0.05, 0) is 41.5 Å². The molecule has 0 saturated heterocycles. The Balaban J connectivity index is 1.62. The van der Waals surface area contributed by atoms with Crippen molar-refractivity contribution in [2.24, 2.45) is 0 Å². The van der Waals surface area contributed by atoms with Crippen LogP contribution in [0.2, 0.25) is 0 Å². The summed E-state index contributed by atoms with van der Waals surface area (Å²) in [6, 6.07) is 21.2. The van der Waals surface area contributed by atoms with Crippen LogP contribution in [-0.4, -0.2) is 10.8 Å². The molecule has 4 nitrogen and oxygen atoms in total. The Hall–Kier alpha value is -3.84. The summed E-state index contributed by atoms with van der Waals surface area (Å²) in [6.07, 6.45) is 11.1. The molecule has 1 amide bonds. The quantitative estimate of drug-likeness (QED) is 0.634. The van der Waals surface area contributed by atoms with E-state index in [2.05, 4.69) is 22.3 Å². The van der Waals surface area contributed by atoms with E-state index in [9.17, 15) is 10.1 Å². The number of nitrogens with one attached hydrogen (secondary N) is 1. The van der Waals surface area contributed by atoms with E-state index >= 15 is 0 Å². The van der Waals surface area contributed by atoms with E-state index in [1.807, 2.05) is 67.0 Å². The molecule has 0 unspecified atom stereocenters. The third-order valence-electron chi connectivity index (χ3n) is 3.96. The van der Waals surface area contributed by atoms with Crippen LogP contribution in [0.5, 0.6) is 0 Å². The molecule has 0 spiro atoms. The van der Waals surface area contributed by atoms with Gasteiger partial charge in [-0.25, -0.2) is 0 Å². The molecule has 0 aromatic heterocycles. The molecule has 0 fully saturated rings. The van der Waals surface area contributed by atoms with Crippen LogP contribution in [0.4, 0.5) is 5.69 Å². The largest absolute Gasteiger partial charge is 0.350 e. The molecule has 4 heteroatoms. The number of benzene rings is 2. The van der Waals surface area contributed by atoms with Crippen molar-refractivity contribution >= 4 is 11.6 Å².